The summed E-state index contributed by atoms with van der Waals surface area (Å²) in [6.45, 7) is 0. The number of methoxy groups -OCH3 is 8. The Morgan fingerprint density at radius 1 is 0.667 bits per heavy atom. The van der Waals surface area contributed by atoms with Crippen LogP contribution in [0.15, 0.2) is 30.3 Å². The maximum absolute atomic E-state index is 13.3. The second kappa shape index (κ2) is 13.9. The normalized spacial score (nSPS) is 17.2. The summed E-state index contributed by atoms with van der Waals surface area (Å²) in [5, 5.41) is 0. The van der Waals surface area contributed by atoms with Gasteiger partial charge in [0.05, 0.1) is 56.9 Å². The first-order valence-electron chi connectivity index (χ1n) is 13.0. The van der Waals surface area contributed by atoms with Crippen LogP contribution < -0.4 is 18.9 Å². The van der Waals surface area contributed by atoms with Crippen molar-refractivity contribution in [2.24, 2.45) is 17.8 Å². The largest absolute Gasteiger partial charge is 0.497 e. The van der Waals surface area contributed by atoms with E-state index in [-0.39, 0.29) is 12.2 Å². The predicted molar refractivity (Wildman–Crippen MR) is 147 cm³/mol. The molecule has 0 N–H and O–H groups in total. The molecule has 2 aromatic rings. The summed E-state index contributed by atoms with van der Waals surface area (Å²) in [5.74, 6) is -7.25. The molecule has 0 fully saturated rings. The molecule has 0 heterocycles. The van der Waals surface area contributed by atoms with Crippen LogP contribution in [0.4, 0.5) is 0 Å². The van der Waals surface area contributed by atoms with Crippen molar-refractivity contribution in [3.8, 4) is 23.0 Å². The van der Waals surface area contributed by atoms with Crippen molar-refractivity contribution < 1.29 is 57.1 Å². The van der Waals surface area contributed by atoms with E-state index in [1.165, 1.54) is 28.4 Å². The predicted octanol–water partition coefficient (Wildman–Crippen LogP) is 2.88. The highest BCUT2D eigenvalue weighted by Gasteiger charge is 2.54. The molecule has 0 saturated heterocycles. The van der Waals surface area contributed by atoms with Gasteiger partial charge >= 0.3 is 23.9 Å². The van der Waals surface area contributed by atoms with Gasteiger partial charge in [-0.3, -0.25) is 19.2 Å². The van der Waals surface area contributed by atoms with Gasteiger partial charge in [-0.15, -0.1) is 0 Å². The lowest BCUT2D eigenvalue weighted by Gasteiger charge is -2.31. The molecule has 0 aliphatic heterocycles. The standard InChI is InChI=1S/C30H36O12/c1-35-16-11-9-15(10-12-16)21-22(24(29(33)41-7)30(34)42-8)17(13-19(27(31)39-5)28(32)40-6)18-14-20(36-2)25(37-3)26(38-4)23(18)21/h9-12,14,17,19,21-22,24H,13H2,1-8H3/t17-,21+,22-/m1/s1. The Morgan fingerprint density at radius 3 is 1.62 bits per heavy atom. The number of rotatable bonds is 12. The minimum atomic E-state index is -1.47. The van der Waals surface area contributed by atoms with Gasteiger partial charge in [0, 0.05) is 17.4 Å². The van der Waals surface area contributed by atoms with Crippen LogP contribution in [0, 0.1) is 17.8 Å². The summed E-state index contributed by atoms with van der Waals surface area (Å²) < 4.78 is 42.5. The quantitative estimate of drug-likeness (QED) is 0.204. The summed E-state index contributed by atoms with van der Waals surface area (Å²) >= 11 is 0. The number of ether oxygens (including phenoxy) is 8. The lowest BCUT2D eigenvalue weighted by molar-refractivity contribution is -0.162. The molecule has 3 atom stereocenters. The van der Waals surface area contributed by atoms with Crippen molar-refractivity contribution in [1.82, 2.24) is 0 Å². The molecular formula is C30H36O12. The summed E-state index contributed by atoms with van der Waals surface area (Å²) in [6, 6.07) is 8.76. The van der Waals surface area contributed by atoms with Crippen molar-refractivity contribution in [3.63, 3.8) is 0 Å². The average Bonchev–Trinajstić information content (AvgIpc) is 3.34. The Morgan fingerprint density at radius 2 is 1.19 bits per heavy atom. The Labute approximate surface area is 244 Å². The van der Waals surface area contributed by atoms with E-state index in [4.69, 9.17) is 37.9 Å². The first-order chi connectivity index (χ1) is 20.2. The number of carbonyl (C=O) groups is 4. The van der Waals surface area contributed by atoms with Gasteiger partial charge in [-0.2, -0.15) is 0 Å². The molecule has 12 heteroatoms. The minimum absolute atomic E-state index is 0.188. The van der Waals surface area contributed by atoms with E-state index in [1.54, 1.807) is 30.3 Å². The van der Waals surface area contributed by atoms with Crippen molar-refractivity contribution in [2.75, 3.05) is 56.9 Å². The number of esters is 4. The van der Waals surface area contributed by atoms with Crippen LogP contribution in [-0.4, -0.2) is 80.8 Å². The van der Waals surface area contributed by atoms with E-state index in [0.29, 0.717) is 33.9 Å². The number of fused-ring (bicyclic) bond motifs is 1. The number of benzene rings is 2. The molecule has 228 valence electrons. The summed E-state index contributed by atoms with van der Waals surface area (Å²) in [4.78, 5) is 52.4. The van der Waals surface area contributed by atoms with Gasteiger partial charge in [0.15, 0.2) is 23.3 Å². The average molecular weight is 589 g/mol. The van der Waals surface area contributed by atoms with Crippen LogP contribution >= 0.6 is 0 Å². The molecule has 12 nitrogen and oxygen atoms in total. The fraction of sp³-hybridized carbons (Fsp3) is 0.467. The summed E-state index contributed by atoms with van der Waals surface area (Å²) in [7, 11) is 10.5. The van der Waals surface area contributed by atoms with E-state index in [9.17, 15) is 19.2 Å². The van der Waals surface area contributed by atoms with Crippen molar-refractivity contribution in [1.29, 1.82) is 0 Å². The van der Waals surface area contributed by atoms with E-state index in [0.717, 1.165) is 28.4 Å². The van der Waals surface area contributed by atoms with Gasteiger partial charge in [0.2, 0.25) is 5.75 Å². The third-order valence-corrected chi connectivity index (χ3v) is 7.69. The third-order valence-electron chi connectivity index (χ3n) is 7.69. The van der Waals surface area contributed by atoms with Crippen LogP contribution in [0.1, 0.15) is 34.9 Å². The highest BCUT2D eigenvalue weighted by Crippen LogP contribution is 2.61. The van der Waals surface area contributed by atoms with E-state index < -0.39 is 53.5 Å². The molecule has 0 spiro atoms. The van der Waals surface area contributed by atoms with Crippen molar-refractivity contribution >= 4 is 23.9 Å². The van der Waals surface area contributed by atoms with Gasteiger partial charge < -0.3 is 37.9 Å². The topological polar surface area (TPSA) is 142 Å². The lowest BCUT2D eigenvalue weighted by Crippen LogP contribution is -2.39. The van der Waals surface area contributed by atoms with Crippen LogP contribution in [0.3, 0.4) is 0 Å². The lowest BCUT2D eigenvalue weighted by atomic mass is 9.72. The Balaban J connectivity index is 2.47. The molecular weight excluding hydrogens is 552 g/mol. The zero-order valence-corrected chi connectivity index (χ0v) is 24.9. The van der Waals surface area contributed by atoms with E-state index in [2.05, 4.69) is 0 Å². The number of hydrogen-bond acceptors (Lipinski definition) is 12. The highest BCUT2D eigenvalue weighted by molar-refractivity contribution is 5.97. The van der Waals surface area contributed by atoms with Crippen LogP contribution in [0.25, 0.3) is 0 Å². The monoisotopic (exact) mass is 588 g/mol. The van der Waals surface area contributed by atoms with Crippen molar-refractivity contribution in [3.05, 3.63) is 47.0 Å². The fourth-order valence-electron chi connectivity index (χ4n) is 5.86. The molecule has 2 aromatic carbocycles. The molecule has 0 amide bonds. The zero-order chi connectivity index (χ0) is 31.1. The fourth-order valence-corrected chi connectivity index (χ4v) is 5.86. The van der Waals surface area contributed by atoms with Gasteiger partial charge in [-0.05, 0) is 41.7 Å². The van der Waals surface area contributed by atoms with Gasteiger partial charge in [0.25, 0.3) is 0 Å². The second-order valence-corrected chi connectivity index (χ2v) is 9.44. The van der Waals surface area contributed by atoms with Crippen LogP contribution in [0.5, 0.6) is 23.0 Å². The molecule has 0 saturated carbocycles. The van der Waals surface area contributed by atoms with Crippen molar-refractivity contribution in [2.45, 2.75) is 18.3 Å². The molecule has 0 unspecified atom stereocenters. The molecule has 0 radical (unpaired) electrons. The van der Waals surface area contributed by atoms with Crippen LogP contribution in [0.2, 0.25) is 0 Å². The molecule has 1 aliphatic carbocycles. The molecule has 0 aromatic heterocycles. The Kier molecular flexibility index (Phi) is 10.6. The van der Waals surface area contributed by atoms with Crippen LogP contribution in [-0.2, 0) is 38.1 Å². The SMILES string of the molecule is COC(=O)C(C[C@@H]1c2cc(OC)c(OC)c(OC)c2[C@@H](c2ccc(OC)cc2)[C@@H]1C(C(=O)OC)C(=O)OC)C(=O)OC. The number of carbonyl (C=O) groups excluding carboxylic acids is 4. The molecule has 1 aliphatic rings. The molecule has 42 heavy (non-hydrogen) atoms. The molecule has 0 bridgehead atoms. The maximum Gasteiger partial charge on any atom is 0.320 e. The first kappa shape index (κ1) is 32.0. The minimum Gasteiger partial charge on any atom is -0.497 e. The van der Waals surface area contributed by atoms with Gasteiger partial charge in [-0.1, -0.05) is 12.1 Å². The third kappa shape index (κ3) is 5.79. The summed E-state index contributed by atoms with van der Waals surface area (Å²) in [6.07, 6.45) is -0.188. The number of hydrogen-bond donors (Lipinski definition) is 0. The second-order valence-electron chi connectivity index (χ2n) is 9.44. The Bertz CT molecular complexity index is 1270. The molecule has 3 rings (SSSR count). The summed E-state index contributed by atoms with van der Waals surface area (Å²) in [5.41, 5.74) is 1.81. The maximum atomic E-state index is 13.3. The van der Waals surface area contributed by atoms with Gasteiger partial charge in [0.1, 0.15) is 5.75 Å². The Hall–Kier alpha value is -4.48. The smallest absolute Gasteiger partial charge is 0.320 e. The first-order valence-corrected chi connectivity index (χ1v) is 13.0. The zero-order valence-electron chi connectivity index (χ0n) is 24.9. The van der Waals surface area contributed by atoms with Gasteiger partial charge in [-0.25, -0.2) is 0 Å². The van der Waals surface area contributed by atoms with E-state index >= 15 is 0 Å². The van der Waals surface area contributed by atoms with E-state index in [1.807, 2.05) is 0 Å². The highest BCUT2D eigenvalue weighted by atomic mass is 16.6.